The van der Waals surface area contributed by atoms with Crippen molar-refractivity contribution < 1.29 is 24.2 Å². The summed E-state index contributed by atoms with van der Waals surface area (Å²) in [6.45, 7) is 0.347. The van der Waals surface area contributed by atoms with Crippen molar-refractivity contribution in [1.29, 1.82) is 0 Å². The highest BCUT2D eigenvalue weighted by Gasteiger charge is 2.57. The summed E-state index contributed by atoms with van der Waals surface area (Å²) in [4.78, 5) is 24.6. The number of carbonyl (C=O) groups is 2. The summed E-state index contributed by atoms with van der Waals surface area (Å²) in [5, 5.41) is 13.9. The van der Waals surface area contributed by atoms with Gasteiger partial charge in [-0.25, -0.2) is 4.79 Å². The summed E-state index contributed by atoms with van der Waals surface area (Å²) in [5.74, 6) is 1.14. The summed E-state index contributed by atoms with van der Waals surface area (Å²) >= 11 is 0. The van der Waals surface area contributed by atoms with Gasteiger partial charge in [0.1, 0.15) is 11.3 Å². The fourth-order valence-corrected chi connectivity index (χ4v) is 6.35. The van der Waals surface area contributed by atoms with E-state index in [2.05, 4.69) is 5.32 Å². The number of carbonyl (C=O) groups excluding carboxylic acids is 2. The molecule has 0 aromatic heterocycles. The zero-order chi connectivity index (χ0) is 19.9. The van der Waals surface area contributed by atoms with Crippen LogP contribution in [0.25, 0.3) is 0 Å². The Morgan fingerprint density at radius 2 is 1.89 bits per heavy atom. The summed E-state index contributed by atoms with van der Waals surface area (Å²) < 4.78 is 10.0. The minimum atomic E-state index is -0.546. The van der Waals surface area contributed by atoms with Crippen LogP contribution in [-0.4, -0.2) is 36.8 Å². The molecule has 1 aromatic rings. The first-order chi connectivity index (χ1) is 13.3. The number of hydrogen-bond donors (Lipinski definition) is 2. The molecule has 2 atom stereocenters. The number of rotatable bonds is 6. The largest absolute Gasteiger partial charge is 0.496 e. The van der Waals surface area contributed by atoms with Crippen LogP contribution in [-0.2, 0) is 16.1 Å². The topological polar surface area (TPSA) is 84.9 Å². The lowest BCUT2D eigenvalue weighted by Crippen LogP contribution is -2.56. The third kappa shape index (κ3) is 3.62. The van der Waals surface area contributed by atoms with Crippen molar-refractivity contribution in [2.45, 2.75) is 57.1 Å². The lowest BCUT2D eigenvalue weighted by Gasteiger charge is -2.60. The Hall–Kier alpha value is -2.08. The molecule has 0 aliphatic heterocycles. The molecule has 1 amide bonds. The number of ether oxygens (including phenoxy) is 2. The van der Waals surface area contributed by atoms with E-state index in [0.717, 1.165) is 37.7 Å². The molecule has 4 aliphatic rings. The van der Waals surface area contributed by atoms with E-state index in [0.29, 0.717) is 36.1 Å². The highest BCUT2D eigenvalue weighted by Crippen LogP contribution is 2.62. The molecule has 4 fully saturated rings. The maximum absolute atomic E-state index is 12.7. The van der Waals surface area contributed by atoms with Gasteiger partial charge in [0.25, 0.3) is 0 Å². The van der Waals surface area contributed by atoms with Gasteiger partial charge in [-0.15, -0.1) is 0 Å². The summed E-state index contributed by atoms with van der Waals surface area (Å²) in [5.41, 5.74) is 0.578. The Kier molecular flexibility index (Phi) is 4.86. The Bertz CT molecular complexity index is 775. The number of methoxy groups -OCH3 is 2. The van der Waals surface area contributed by atoms with Crippen molar-refractivity contribution in [1.82, 2.24) is 5.32 Å². The predicted molar refractivity (Wildman–Crippen MR) is 103 cm³/mol. The van der Waals surface area contributed by atoms with Gasteiger partial charge in [-0.1, -0.05) is 6.07 Å². The lowest BCUT2D eigenvalue weighted by atomic mass is 9.47. The van der Waals surface area contributed by atoms with E-state index < -0.39 is 11.6 Å². The van der Waals surface area contributed by atoms with E-state index >= 15 is 0 Å². The van der Waals surface area contributed by atoms with Gasteiger partial charge in [-0.05, 0) is 73.5 Å². The van der Waals surface area contributed by atoms with Crippen LogP contribution in [0.5, 0.6) is 5.75 Å². The first-order valence-electron chi connectivity index (χ1n) is 10.1. The predicted octanol–water partition coefficient (Wildman–Crippen LogP) is 2.82. The third-order valence-corrected chi connectivity index (χ3v) is 6.85. The molecule has 2 unspecified atom stereocenters. The zero-order valence-electron chi connectivity index (χ0n) is 16.6. The molecule has 152 valence electrons. The van der Waals surface area contributed by atoms with Crippen LogP contribution in [0, 0.1) is 17.3 Å². The van der Waals surface area contributed by atoms with E-state index in [9.17, 15) is 14.7 Å². The van der Waals surface area contributed by atoms with E-state index in [1.165, 1.54) is 20.6 Å². The SMILES string of the molecule is COC(=O)c1cc(CNC(=O)CC23CC4CC(CC(O)(C4)C2)C3)ccc1OC. The maximum Gasteiger partial charge on any atom is 0.341 e. The van der Waals surface area contributed by atoms with Crippen LogP contribution < -0.4 is 10.1 Å². The van der Waals surface area contributed by atoms with Gasteiger partial charge in [0.2, 0.25) is 5.91 Å². The Morgan fingerprint density at radius 1 is 1.18 bits per heavy atom. The zero-order valence-corrected chi connectivity index (χ0v) is 16.6. The number of benzene rings is 1. The summed E-state index contributed by atoms with van der Waals surface area (Å²) in [6, 6.07) is 5.24. The summed E-state index contributed by atoms with van der Waals surface area (Å²) in [7, 11) is 2.83. The molecule has 1 aromatic carbocycles. The quantitative estimate of drug-likeness (QED) is 0.733. The Morgan fingerprint density at radius 3 is 2.50 bits per heavy atom. The van der Waals surface area contributed by atoms with Gasteiger partial charge >= 0.3 is 5.97 Å². The third-order valence-electron chi connectivity index (χ3n) is 6.85. The molecular weight excluding hydrogens is 358 g/mol. The molecule has 0 radical (unpaired) electrons. The van der Waals surface area contributed by atoms with Gasteiger partial charge in [-0.3, -0.25) is 4.79 Å². The van der Waals surface area contributed by atoms with Gasteiger partial charge in [0, 0.05) is 13.0 Å². The van der Waals surface area contributed by atoms with Crippen LogP contribution in [0.1, 0.15) is 60.9 Å². The van der Waals surface area contributed by atoms with Crippen LogP contribution >= 0.6 is 0 Å². The van der Waals surface area contributed by atoms with Crippen molar-refractivity contribution in [3.05, 3.63) is 29.3 Å². The van der Waals surface area contributed by atoms with Crippen molar-refractivity contribution in [2.24, 2.45) is 17.3 Å². The second kappa shape index (κ2) is 7.07. The molecule has 6 nitrogen and oxygen atoms in total. The van der Waals surface area contributed by atoms with E-state index in [-0.39, 0.29) is 11.3 Å². The first-order valence-corrected chi connectivity index (χ1v) is 10.1. The van der Waals surface area contributed by atoms with Crippen molar-refractivity contribution in [2.75, 3.05) is 14.2 Å². The van der Waals surface area contributed by atoms with Gasteiger partial charge in [-0.2, -0.15) is 0 Å². The fourth-order valence-electron chi connectivity index (χ4n) is 6.35. The van der Waals surface area contributed by atoms with E-state index in [1.807, 2.05) is 6.07 Å². The first kappa shape index (κ1) is 19.2. The standard InChI is InChI=1S/C22H29NO5/c1-27-18-4-3-14(6-17(18)20(25)28-2)12-23-19(24)11-21-7-15-5-16(8-21)10-22(26,9-15)13-21/h3-4,6,15-16,26H,5,7-13H2,1-2H3,(H,23,24). The highest BCUT2D eigenvalue weighted by atomic mass is 16.5. The smallest absolute Gasteiger partial charge is 0.341 e. The minimum absolute atomic E-state index is 0.0148. The van der Waals surface area contributed by atoms with Crippen molar-refractivity contribution in [3.63, 3.8) is 0 Å². The molecule has 6 heteroatoms. The van der Waals surface area contributed by atoms with Gasteiger partial charge in [0.15, 0.2) is 0 Å². The molecular formula is C22H29NO5. The van der Waals surface area contributed by atoms with Gasteiger partial charge < -0.3 is 19.9 Å². The average Bonchev–Trinajstić information content (AvgIpc) is 2.63. The van der Waals surface area contributed by atoms with Crippen molar-refractivity contribution >= 4 is 11.9 Å². The lowest BCUT2D eigenvalue weighted by molar-refractivity contribution is -0.169. The normalized spacial score (nSPS) is 32.8. The average molecular weight is 387 g/mol. The Labute approximate surface area is 165 Å². The molecule has 28 heavy (non-hydrogen) atoms. The fraction of sp³-hybridized carbons (Fsp3) is 0.636. The van der Waals surface area contributed by atoms with Gasteiger partial charge in [0.05, 0.1) is 19.8 Å². The van der Waals surface area contributed by atoms with Crippen LogP contribution in [0.3, 0.4) is 0 Å². The molecule has 0 spiro atoms. The Balaban J connectivity index is 1.39. The minimum Gasteiger partial charge on any atom is -0.496 e. The highest BCUT2D eigenvalue weighted by molar-refractivity contribution is 5.92. The van der Waals surface area contributed by atoms with Crippen LogP contribution in [0.4, 0.5) is 0 Å². The monoisotopic (exact) mass is 387 g/mol. The second-order valence-corrected chi connectivity index (χ2v) is 9.17. The van der Waals surface area contributed by atoms with Crippen molar-refractivity contribution in [3.8, 4) is 5.75 Å². The van der Waals surface area contributed by atoms with Crippen LogP contribution in [0.2, 0.25) is 0 Å². The molecule has 0 saturated heterocycles. The molecule has 5 rings (SSSR count). The molecule has 4 bridgehead atoms. The van der Waals surface area contributed by atoms with E-state index in [4.69, 9.17) is 9.47 Å². The number of nitrogens with one attached hydrogen (secondary N) is 1. The number of aliphatic hydroxyl groups is 1. The molecule has 0 heterocycles. The molecule has 4 saturated carbocycles. The molecule has 4 aliphatic carbocycles. The summed E-state index contributed by atoms with van der Waals surface area (Å²) in [6.07, 6.45) is 6.40. The number of amides is 1. The second-order valence-electron chi connectivity index (χ2n) is 9.17. The van der Waals surface area contributed by atoms with Crippen LogP contribution in [0.15, 0.2) is 18.2 Å². The number of esters is 1. The number of hydrogen-bond acceptors (Lipinski definition) is 5. The molecule has 2 N–H and O–H groups in total. The van der Waals surface area contributed by atoms with E-state index in [1.54, 1.807) is 12.1 Å². The maximum atomic E-state index is 12.7.